The molecule has 5 heteroatoms. The van der Waals surface area contributed by atoms with Gasteiger partial charge in [0.1, 0.15) is 5.75 Å². The van der Waals surface area contributed by atoms with Gasteiger partial charge in [-0.05, 0) is 49.2 Å². The molecule has 21 heavy (non-hydrogen) atoms. The van der Waals surface area contributed by atoms with Crippen LogP contribution in [0.15, 0.2) is 36.4 Å². The van der Waals surface area contributed by atoms with Crippen LogP contribution in [0.25, 0.3) is 0 Å². The Morgan fingerprint density at radius 3 is 2.67 bits per heavy atom. The molecule has 0 saturated carbocycles. The molecule has 2 aromatic carbocycles. The second-order valence-corrected chi connectivity index (χ2v) is 5.19. The van der Waals surface area contributed by atoms with Crippen LogP contribution >= 0.6 is 11.6 Å². The topological polar surface area (TPSA) is 64.3 Å². The molecule has 0 radical (unpaired) electrons. The van der Waals surface area contributed by atoms with E-state index in [-0.39, 0.29) is 12.5 Å². The number of benzene rings is 2. The third kappa shape index (κ3) is 3.89. The summed E-state index contributed by atoms with van der Waals surface area (Å²) in [5.41, 5.74) is 8.89. The standard InChI is InChI=1S/C16H17ClN2O2/c1-10-6-7-12(8-11(10)2)21-9-15(20)19-16-13(17)4-3-5-14(16)18/h3-8H,9,18H2,1-2H3,(H,19,20). The molecule has 0 heterocycles. The van der Waals surface area contributed by atoms with Crippen LogP contribution < -0.4 is 15.8 Å². The highest BCUT2D eigenvalue weighted by Gasteiger charge is 2.09. The molecule has 4 nitrogen and oxygen atoms in total. The fourth-order valence-electron chi connectivity index (χ4n) is 1.80. The first-order chi connectivity index (χ1) is 9.97. The van der Waals surface area contributed by atoms with E-state index in [1.807, 2.05) is 32.0 Å². The van der Waals surface area contributed by atoms with Crippen LogP contribution in [-0.2, 0) is 4.79 Å². The summed E-state index contributed by atoms with van der Waals surface area (Å²) in [6, 6.07) is 10.7. The van der Waals surface area contributed by atoms with E-state index >= 15 is 0 Å². The molecule has 0 aliphatic carbocycles. The number of nitrogens with two attached hydrogens (primary N) is 1. The maximum atomic E-state index is 11.9. The van der Waals surface area contributed by atoms with Crippen LogP contribution in [0.3, 0.4) is 0 Å². The van der Waals surface area contributed by atoms with Gasteiger partial charge in [-0.15, -0.1) is 0 Å². The highest BCUT2D eigenvalue weighted by Crippen LogP contribution is 2.27. The number of rotatable bonds is 4. The second kappa shape index (κ2) is 6.50. The van der Waals surface area contributed by atoms with Crippen molar-refractivity contribution >= 4 is 28.9 Å². The Hall–Kier alpha value is -2.20. The average molecular weight is 305 g/mol. The third-order valence-corrected chi connectivity index (χ3v) is 3.47. The van der Waals surface area contributed by atoms with Crippen molar-refractivity contribution in [2.24, 2.45) is 0 Å². The highest BCUT2D eigenvalue weighted by molar-refractivity contribution is 6.34. The van der Waals surface area contributed by atoms with E-state index in [1.165, 1.54) is 5.56 Å². The number of carbonyl (C=O) groups excluding carboxylic acids is 1. The Morgan fingerprint density at radius 1 is 1.24 bits per heavy atom. The molecule has 0 atom stereocenters. The second-order valence-electron chi connectivity index (χ2n) is 4.79. The lowest BCUT2D eigenvalue weighted by molar-refractivity contribution is -0.118. The van der Waals surface area contributed by atoms with Crippen molar-refractivity contribution in [2.45, 2.75) is 13.8 Å². The lowest BCUT2D eigenvalue weighted by Crippen LogP contribution is -2.21. The summed E-state index contributed by atoms with van der Waals surface area (Å²) in [7, 11) is 0. The van der Waals surface area contributed by atoms with Crippen molar-refractivity contribution in [1.82, 2.24) is 0 Å². The number of anilines is 2. The quantitative estimate of drug-likeness (QED) is 0.849. The van der Waals surface area contributed by atoms with Gasteiger partial charge >= 0.3 is 0 Å². The Bertz CT molecular complexity index is 651. The normalized spacial score (nSPS) is 10.2. The van der Waals surface area contributed by atoms with Crippen molar-refractivity contribution in [3.63, 3.8) is 0 Å². The molecular formula is C16H17ClN2O2. The van der Waals surface area contributed by atoms with E-state index in [1.54, 1.807) is 18.2 Å². The van der Waals surface area contributed by atoms with E-state index in [0.29, 0.717) is 22.1 Å². The number of nitrogen functional groups attached to an aromatic ring is 1. The summed E-state index contributed by atoms with van der Waals surface area (Å²) in [5, 5.41) is 3.05. The van der Waals surface area contributed by atoms with Crippen molar-refractivity contribution in [3.05, 3.63) is 52.5 Å². The van der Waals surface area contributed by atoms with Crippen LogP contribution in [0.1, 0.15) is 11.1 Å². The average Bonchev–Trinajstić information content (AvgIpc) is 2.44. The molecule has 0 aliphatic rings. The Kier molecular flexibility index (Phi) is 4.70. The van der Waals surface area contributed by atoms with Crippen LogP contribution in [0.5, 0.6) is 5.75 Å². The van der Waals surface area contributed by atoms with Crippen molar-refractivity contribution < 1.29 is 9.53 Å². The molecule has 0 aliphatic heterocycles. The molecular weight excluding hydrogens is 288 g/mol. The number of carbonyl (C=O) groups is 1. The lowest BCUT2D eigenvalue weighted by Gasteiger charge is -2.11. The van der Waals surface area contributed by atoms with Gasteiger partial charge in [0.15, 0.2) is 6.61 Å². The number of ether oxygens (including phenoxy) is 1. The number of hydrogen-bond donors (Lipinski definition) is 2. The zero-order valence-electron chi connectivity index (χ0n) is 11.9. The lowest BCUT2D eigenvalue weighted by atomic mass is 10.1. The predicted octanol–water partition coefficient (Wildman–Crippen LogP) is 3.56. The molecule has 2 rings (SSSR count). The van der Waals surface area contributed by atoms with Gasteiger partial charge in [-0.1, -0.05) is 23.7 Å². The van der Waals surface area contributed by atoms with Gasteiger partial charge in [0.05, 0.1) is 16.4 Å². The monoisotopic (exact) mass is 304 g/mol. The highest BCUT2D eigenvalue weighted by atomic mass is 35.5. The minimum absolute atomic E-state index is 0.104. The number of amides is 1. The summed E-state index contributed by atoms with van der Waals surface area (Å²) < 4.78 is 5.46. The molecule has 1 amide bonds. The van der Waals surface area contributed by atoms with E-state index in [2.05, 4.69) is 5.32 Å². The summed E-state index contributed by atoms with van der Waals surface area (Å²) in [6.45, 7) is 3.91. The minimum Gasteiger partial charge on any atom is -0.484 e. The van der Waals surface area contributed by atoms with Crippen LogP contribution in [0.4, 0.5) is 11.4 Å². The molecule has 0 aromatic heterocycles. The van der Waals surface area contributed by atoms with Gasteiger partial charge in [-0.2, -0.15) is 0 Å². The molecule has 0 bridgehead atoms. The predicted molar refractivity (Wildman–Crippen MR) is 85.9 cm³/mol. The Morgan fingerprint density at radius 2 is 2.00 bits per heavy atom. The fourth-order valence-corrected chi connectivity index (χ4v) is 2.03. The van der Waals surface area contributed by atoms with Gasteiger partial charge in [-0.3, -0.25) is 4.79 Å². The van der Waals surface area contributed by atoms with E-state index in [0.717, 1.165) is 5.56 Å². The van der Waals surface area contributed by atoms with Crippen molar-refractivity contribution in [2.75, 3.05) is 17.7 Å². The third-order valence-electron chi connectivity index (χ3n) is 3.16. The maximum absolute atomic E-state index is 11.9. The van der Waals surface area contributed by atoms with Gasteiger partial charge < -0.3 is 15.8 Å². The van der Waals surface area contributed by atoms with Gasteiger partial charge in [-0.25, -0.2) is 0 Å². The summed E-state index contributed by atoms with van der Waals surface area (Å²) in [4.78, 5) is 11.9. The van der Waals surface area contributed by atoms with Gasteiger partial charge in [0.25, 0.3) is 5.91 Å². The van der Waals surface area contributed by atoms with Gasteiger partial charge in [0.2, 0.25) is 0 Å². The Balaban J connectivity index is 1.97. The van der Waals surface area contributed by atoms with Crippen molar-refractivity contribution in [3.8, 4) is 5.75 Å². The number of nitrogens with one attached hydrogen (secondary N) is 1. The molecule has 0 fully saturated rings. The summed E-state index contributed by atoms with van der Waals surface area (Å²) in [5.74, 6) is 0.341. The van der Waals surface area contributed by atoms with E-state index in [4.69, 9.17) is 22.1 Å². The molecule has 3 N–H and O–H groups in total. The first-order valence-corrected chi connectivity index (χ1v) is 6.89. The van der Waals surface area contributed by atoms with E-state index < -0.39 is 0 Å². The first-order valence-electron chi connectivity index (χ1n) is 6.51. The van der Waals surface area contributed by atoms with Crippen LogP contribution in [0, 0.1) is 13.8 Å². The van der Waals surface area contributed by atoms with Gasteiger partial charge in [0, 0.05) is 0 Å². The van der Waals surface area contributed by atoms with Crippen molar-refractivity contribution in [1.29, 1.82) is 0 Å². The Labute approximate surface area is 128 Å². The smallest absolute Gasteiger partial charge is 0.262 e. The molecule has 0 spiro atoms. The zero-order chi connectivity index (χ0) is 15.4. The first kappa shape index (κ1) is 15.2. The number of aryl methyl sites for hydroxylation is 2. The molecule has 0 unspecified atom stereocenters. The summed E-state index contributed by atoms with van der Waals surface area (Å²) in [6.07, 6.45) is 0. The number of para-hydroxylation sites is 1. The molecule has 110 valence electrons. The largest absolute Gasteiger partial charge is 0.484 e. The molecule has 0 saturated heterocycles. The molecule has 2 aromatic rings. The SMILES string of the molecule is Cc1ccc(OCC(=O)Nc2c(N)cccc2Cl)cc1C. The zero-order valence-corrected chi connectivity index (χ0v) is 12.7. The minimum atomic E-state index is -0.312. The van der Waals surface area contributed by atoms with Crippen LogP contribution in [-0.4, -0.2) is 12.5 Å². The number of hydrogen-bond acceptors (Lipinski definition) is 3. The maximum Gasteiger partial charge on any atom is 0.262 e. The summed E-state index contributed by atoms with van der Waals surface area (Å²) >= 11 is 5.99. The fraction of sp³-hybridized carbons (Fsp3) is 0.188. The number of halogens is 1. The van der Waals surface area contributed by atoms with E-state index in [9.17, 15) is 4.79 Å². The van der Waals surface area contributed by atoms with Crippen LogP contribution in [0.2, 0.25) is 5.02 Å².